The van der Waals surface area contributed by atoms with Crippen LogP contribution in [0.25, 0.3) is 0 Å². The Bertz CT molecular complexity index is 906. The van der Waals surface area contributed by atoms with Gasteiger partial charge in [-0.1, -0.05) is 15.9 Å². The largest absolute Gasteiger partial charge is 0.494 e. The van der Waals surface area contributed by atoms with Crippen molar-refractivity contribution >= 4 is 31.7 Å². The molecule has 0 amide bonds. The Balaban J connectivity index is 1.56. The molecule has 3 rings (SSSR count). The van der Waals surface area contributed by atoms with Crippen LogP contribution in [0.15, 0.2) is 57.9 Å². The number of benzene rings is 2. The summed E-state index contributed by atoms with van der Waals surface area (Å²) in [6.07, 6.45) is 0. The number of quaternary nitrogens is 1. The summed E-state index contributed by atoms with van der Waals surface area (Å²) in [4.78, 5) is 13.9. The zero-order valence-corrected chi connectivity index (χ0v) is 18.1. The molecule has 150 valence electrons. The molecule has 0 radical (unpaired) electrons. The predicted octanol–water partition coefficient (Wildman–Crippen LogP) is 1.62. The van der Waals surface area contributed by atoms with E-state index in [1.807, 2.05) is 6.92 Å². The number of ether oxygens (including phenoxy) is 1. The molecular formula is C20H24BrN2O4S+. The lowest BCUT2D eigenvalue weighted by Crippen LogP contribution is -3.15. The fourth-order valence-corrected chi connectivity index (χ4v) is 4.91. The maximum Gasteiger partial charge on any atom is 0.243 e. The Morgan fingerprint density at radius 1 is 1.07 bits per heavy atom. The number of carbonyl (C=O) groups is 1. The van der Waals surface area contributed by atoms with Crippen molar-refractivity contribution in [3.05, 3.63) is 58.6 Å². The first-order chi connectivity index (χ1) is 13.4. The Labute approximate surface area is 174 Å². The lowest BCUT2D eigenvalue weighted by molar-refractivity contribution is -0.895. The van der Waals surface area contributed by atoms with Crippen LogP contribution in [0.4, 0.5) is 0 Å². The minimum atomic E-state index is -3.49. The molecule has 1 saturated heterocycles. The van der Waals surface area contributed by atoms with Gasteiger partial charge in [0.05, 0.1) is 37.7 Å². The van der Waals surface area contributed by atoms with Crippen molar-refractivity contribution < 1.29 is 22.8 Å². The molecule has 0 bridgehead atoms. The maximum absolute atomic E-state index is 12.8. The number of hydrogen-bond donors (Lipinski definition) is 1. The van der Waals surface area contributed by atoms with E-state index in [1.54, 1.807) is 48.5 Å². The van der Waals surface area contributed by atoms with Crippen molar-refractivity contribution in [2.75, 3.05) is 39.3 Å². The van der Waals surface area contributed by atoms with Gasteiger partial charge in [-0.05, 0) is 55.5 Å². The molecule has 0 aromatic heterocycles. The Hall–Kier alpha value is -1.74. The minimum absolute atomic E-state index is 0.0577. The standard InChI is InChI=1S/C20H23BrN2O4S/c1-2-27-18-7-3-16(4-8-18)20(24)15-22-11-13-23(14-12-22)28(25,26)19-9-5-17(21)6-10-19/h3-10H,2,11-15H2,1H3/p+1. The van der Waals surface area contributed by atoms with Crippen molar-refractivity contribution in [3.63, 3.8) is 0 Å². The summed E-state index contributed by atoms with van der Waals surface area (Å²) >= 11 is 3.32. The molecule has 1 heterocycles. The third kappa shape index (κ3) is 5.00. The average molecular weight is 468 g/mol. The van der Waals surface area contributed by atoms with Gasteiger partial charge in [-0.15, -0.1) is 0 Å². The molecule has 28 heavy (non-hydrogen) atoms. The first kappa shape index (κ1) is 21.0. The molecule has 1 fully saturated rings. The molecule has 6 nitrogen and oxygen atoms in total. The molecule has 2 aromatic carbocycles. The minimum Gasteiger partial charge on any atom is -0.494 e. The number of Topliss-reactive ketones (excluding diaryl/α,β-unsaturated/α-hetero) is 1. The summed E-state index contributed by atoms with van der Waals surface area (Å²) in [5.74, 6) is 0.806. The summed E-state index contributed by atoms with van der Waals surface area (Å²) in [5.41, 5.74) is 0.654. The summed E-state index contributed by atoms with van der Waals surface area (Å²) in [7, 11) is -3.49. The molecule has 1 aliphatic rings. The van der Waals surface area contributed by atoms with Crippen molar-refractivity contribution in [1.82, 2.24) is 4.31 Å². The van der Waals surface area contributed by atoms with Gasteiger partial charge in [0.2, 0.25) is 15.8 Å². The highest BCUT2D eigenvalue weighted by Crippen LogP contribution is 2.18. The van der Waals surface area contributed by atoms with E-state index in [0.717, 1.165) is 15.1 Å². The zero-order chi connectivity index (χ0) is 20.1. The van der Waals surface area contributed by atoms with Crippen LogP contribution in [0, 0.1) is 0 Å². The molecule has 2 aromatic rings. The van der Waals surface area contributed by atoms with Crippen LogP contribution in [0.5, 0.6) is 5.75 Å². The van der Waals surface area contributed by atoms with Gasteiger partial charge in [0.15, 0.2) is 0 Å². The van der Waals surface area contributed by atoms with Gasteiger partial charge in [-0.3, -0.25) is 4.79 Å². The molecular weight excluding hydrogens is 444 g/mol. The molecule has 1 aliphatic heterocycles. The number of carbonyl (C=O) groups excluding carboxylic acids is 1. The Kier molecular flexibility index (Phi) is 6.87. The average Bonchev–Trinajstić information content (AvgIpc) is 2.69. The number of sulfonamides is 1. The van der Waals surface area contributed by atoms with Crippen molar-refractivity contribution in [2.24, 2.45) is 0 Å². The van der Waals surface area contributed by atoms with E-state index >= 15 is 0 Å². The molecule has 0 spiro atoms. The summed E-state index contributed by atoms with van der Waals surface area (Å²) in [6, 6.07) is 13.8. The van der Waals surface area contributed by atoms with Crippen LogP contribution >= 0.6 is 15.9 Å². The lowest BCUT2D eigenvalue weighted by atomic mass is 10.1. The van der Waals surface area contributed by atoms with Gasteiger partial charge in [0.1, 0.15) is 12.3 Å². The van der Waals surface area contributed by atoms with E-state index in [-0.39, 0.29) is 5.78 Å². The summed E-state index contributed by atoms with van der Waals surface area (Å²) in [5, 5.41) is 0. The SMILES string of the molecule is CCOc1ccc(C(=O)C[NH+]2CCN(S(=O)(=O)c3ccc(Br)cc3)CC2)cc1. The molecule has 0 atom stereocenters. The number of nitrogens with one attached hydrogen (secondary N) is 1. The molecule has 0 aliphatic carbocycles. The second-order valence-corrected chi connectivity index (χ2v) is 9.52. The van der Waals surface area contributed by atoms with E-state index in [4.69, 9.17) is 4.74 Å². The zero-order valence-electron chi connectivity index (χ0n) is 15.7. The third-order valence-electron chi connectivity index (χ3n) is 4.78. The van der Waals surface area contributed by atoms with E-state index in [9.17, 15) is 13.2 Å². The maximum atomic E-state index is 12.8. The molecule has 1 N–H and O–H groups in total. The topological polar surface area (TPSA) is 68.1 Å². The first-order valence-corrected chi connectivity index (χ1v) is 11.5. The second-order valence-electron chi connectivity index (χ2n) is 6.67. The van der Waals surface area contributed by atoms with Crippen LogP contribution in [0.1, 0.15) is 17.3 Å². The number of piperazine rings is 1. The van der Waals surface area contributed by atoms with Crippen LogP contribution < -0.4 is 9.64 Å². The van der Waals surface area contributed by atoms with Crippen LogP contribution in [-0.2, 0) is 10.0 Å². The molecule has 0 unspecified atom stereocenters. The molecule has 0 saturated carbocycles. The highest BCUT2D eigenvalue weighted by Gasteiger charge is 2.31. The van der Waals surface area contributed by atoms with E-state index in [2.05, 4.69) is 15.9 Å². The van der Waals surface area contributed by atoms with Crippen molar-refractivity contribution in [2.45, 2.75) is 11.8 Å². The van der Waals surface area contributed by atoms with Crippen LogP contribution in [0.3, 0.4) is 0 Å². The lowest BCUT2D eigenvalue weighted by Gasteiger charge is -2.31. The highest BCUT2D eigenvalue weighted by molar-refractivity contribution is 9.10. The quantitative estimate of drug-likeness (QED) is 0.628. The third-order valence-corrected chi connectivity index (χ3v) is 7.22. The van der Waals surface area contributed by atoms with E-state index in [1.165, 1.54) is 4.31 Å². The second kappa shape index (κ2) is 9.17. The van der Waals surface area contributed by atoms with Crippen molar-refractivity contribution in [1.29, 1.82) is 0 Å². The van der Waals surface area contributed by atoms with Gasteiger partial charge in [0, 0.05) is 10.0 Å². The van der Waals surface area contributed by atoms with Gasteiger partial charge in [-0.25, -0.2) is 8.42 Å². The first-order valence-electron chi connectivity index (χ1n) is 9.25. The predicted molar refractivity (Wildman–Crippen MR) is 110 cm³/mol. The Morgan fingerprint density at radius 2 is 1.68 bits per heavy atom. The Morgan fingerprint density at radius 3 is 2.25 bits per heavy atom. The monoisotopic (exact) mass is 467 g/mol. The summed E-state index contributed by atoms with van der Waals surface area (Å²) < 4.78 is 33.3. The van der Waals surface area contributed by atoms with Crippen molar-refractivity contribution in [3.8, 4) is 5.75 Å². The number of hydrogen-bond acceptors (Lipinski definition) is 4. The van der Waals surface area contributed by atoms with Gasteiger partial charge in [-0.2, -0.15) is 4.31 Å². The van der Waals surface area contributed by atoms with Gasteiger partial charge >= 0.3 is 0 Å². The number of ketones is 1. The number of halogens is 1. The molecule has 8 heteroatoms. The van der Waals surface area contributed by atoms with Gasteiger partial charge < -0.3 is 9.64 Å². The van der Waals surface area contributed by atoms with Crippen LogP contribution in [-0.4, -0.2) is 57.8 Å². The highest BCUT2D eigenvalue weighted by atomic mass is 79.9. The fourth-order valence-electron chi connectivity index (χ4n) is 3.21. The fraction of sp³-hybridized carbons (Fsp3) is 0.350. The van der Waals surface area contributed by atoms with Gasteiger partial charge in [0.25, 0.3) is 0 Å². The van der Waals surface area contributed by atoms with E-state index in [0.29, 0.717) is 49.8 Å². The van der Waals surface area contributed by atoms with E-state index < -0.39 is 10.0 Å². The number of nitrogens with zero attached hydrogens (tertiary/aromatic N) is 1. The normalized spacial score (nSPS) is 16.1. The smallest absolute Gasteiger partial charge is 0.243 e. The van der Waals surface area contributed by atoms with Crippen LogP contribution in [0.2, 0.25) is 0 Å². The summed E-state index contributed by atoms with van der Waals surface area (Å²) in [6.45, 7) is 4.90. The number of rotatable bonds is 7.